The van der Waals surface area contributed by atoms with Gasteiger partial charge in [0.2, 0.25) is 0 Å². The summed E-state index contributed by atoms with van der Waals surface area (Å²) in [6.07, 6.45) is 3.46. The molecule has 3 N–H and O–H groups in total. The molecular formula is C10H18N4O2. The minimum Gasteiger partial charge on any atom is -0.396 e. The normalized spacial score (nSPS) is 22.4. The number of hydrogen-bond donors (Lipinski definition) is 2. The van der Waals surface area contributed by atoms with E-state index in [-0.39, 0.29) is 12.6 Å². The van der Waals surface area contributed by atoms with Crippen molar-refractivity contribution in [3.8, 4) is 0 Å². The average Bonchev–Trinajstić information content (AvgIpc) is 2.73. The number of rotatable bonds is 4. The van der Waals surface area contributed by atoms with Gasteiger partial charge in [0.15, 0.2) is 0 Å². The van der Waals surface area contributed by atoms with Crippen molar-refractivity contribution in [3.63, 3.8) is 0 Å². The van der Waals surface area contributed by atoms with Crippen LogP contribution in [0.3, 0.4) is 0 Å². The molecule has 1 aromatic rings. The molecule has 6 nitrogen and oxygen atoms in total. The summed E-state index contributed by atoms with van der Waals surface area (Å²) in [5, 5.41) is 13.3. The number of nitrogens with zero attached hydrogens (tertiary/aromatic N) is 3. The molecule has 0 radical (unpaired) electrons. The number of nitrogens with two attached hydrogens (primary N) is 1. The molecule has 2 rings (SSSR count). The molecule has 6 heteroatoms. The van der Waals surface area contributed by atoms with E-state index in [2.05, 4.69) is 10.00 Å². The lowest BCUT2D eigenvalue weighted by Crippen LogP contribution is -2.48. The van der Waals surface area contributed by atoms with Crippen molar-refractivity contribution in [1.29, 1.82) is 0 Å². The van der Waals surface area contributed by atoms with E-state index in [0.29, 0.717) is 12.3 Å². The van der Waals surface area contributed by atoms with Crippen molar-refractivity contribution in [3.05, 3.63) is 12.4 Å². The molecule has 1 atom stereocenters. The van der Waals surface area contributed by atoms with E-state index in [4.69, 9.17) is 10.5 Å². The first-order valence-electron chi connectivity index (χ1n) is 5.50. The van der Waals surface area contributed by atoms with Gasteiger partial charge in [0.05, 0.1) is 44.3 Å². The van der Waals surface area contributed by atoms with Gasteiger partial charge in [-0.3, -0.25) is 9.58 Å². The Balaban J connectivity index is 1.84. The van der Waals surface area contributed by atoms with Gasteiger partial charge in [-0.15, -0.1) is 0 Å². The number of aliphatic hydroxyl groups excluding tert-OH is 1. The van der Waals surface area contributed by atoms with Crippen LogP contribution in [0.2, 0.25) is 0 Å². The predicted molar refractivity (Wildman–Crippen MR) is 59.9 cm³/mol. The molecule has 0 aliphatic carbocycles. The Labute approximate surface area is 94.6 Å². The number of aliphatic hydroxyl groups is 1. The fourth-order valence-electron chi connectivity index (χ4n) is 1.88. The maximum Gasteiger partial charge on any atom is 0.0719 e. The second-order valence-electron chi connectivity index (χ2n) is 3.98. The second kappa shape index (κ2) is 5.29. The first-order chi connectivity index (χ1) is 7.79. The van der Waals surface area contributed by atoms with E-state index in [9.17, 15) is 5.11 Å². The maximum absolute atomic E-state index is 9.20. The summed E-state index contributed by atoms with van der Waals surface area (Å²) in [7, 11) is 0. The molecular weight excluding hydrogens is 208 g/mol. The third-order valence-corrected chi connectivity index (χ3v) is 2.83. The molecule has 1 unspecified atom stereocenters. The highest BCUT2D eigenvalue weighted by atomic mass is 16.5. The molecule has 0 saturated carbocycles. The summed E-state index contributed by atoms with van der Waals surface area (Å²) in [4.78, 5) is 2.22. The number of aromatic nitrogens is 2. The Morgan fingerprint density at radius 1 is 1.56 bits per heavy atom. The summed E-state index contributed by atoms with van der Waals surface area (Å²) in [5.41, 5.74) is 6.27. The van der Waals surface area contributed by atoms with Crippen molar-refractivity contribution in [2.45, 2.75) is 12.6 Å². The molecule has 0 amide bonds. The molecule has 90 valence electrons. The second-order valence-corrected chi connectivity index (χ2v) is 3.98. The first-order valence-corrected chi connectivity index (χ1v) is 5.50. The first kappa shape index (κ1) is 11.4. The van der Waals surface area contributed by atoms with E-state index in [0.717, 1.165) is 26.2 Å². The highest BCUT2D eigenvalue weighted by molar-refractivity contribution is 5.30. The lowest BCUT2D eigenvalue weighted by atomic mass is 10.2. The zero-order valence-electron chi connectivity index (χ0n) is 9.25. The van der Waals surface area contributed by atoms with Gasteiger partial charge >= 0.3 is 0 Å². The Hall–Kier alpha value is -1.11. The van der Waals surface area contributed by atoms with Crippen LogP contribution in [0.4, 0.5) is 5.69 Å². The van der Waals surface area contributed by atoms with Gasteiger partial charge in [0, 0.05) is 19.3 Å². The number of ether oxygens (including phenoxy) is 1. The molecule has 1 aliphatic heterocycles. The zero-order chi connectivity index (χ0) is 11.4. The van der Waals surface area contributed by atoms with Gasteiger partial charge < -0.3 is 15.6 Å². The van der Waals surface area contributed by atoms with Crippen LogP contribution in [0.25, 0.3) is 0 Å². The van der Waals surface area contributed by atoms with Crippen molar-refractivity contribution < 1.29 is 9.84 Å². The summed E-state index contributed by atoms with van der Waals surface area (Å²) in [5.74, 6) is 0. The quantitative estimate of drug-likeness (QED) is 0.700. The third-order valence-electron chi connectivity index (χ3n) is 2.83. The number of hydrogen-bond acceptors (Lipinski definition) is 5. The Morgan fingerprint density at radius 2 is 2.44 bits per heavy atom. The van der Waals surface area contributed by atoms with Crippen LogP contribution < -0.4 is 5.73 Å². The third kappa shape index (κ3) is 2.72. The Bertz CT molecular complexity index is 328. The van der Waals surface area contributed by atoms with Crippen LogP contribution in [0.1, 0.15) is 0 Å². The topological polar surface area (TPSA) is 76.5 Å². The van der Waals surface area contributed by atoms with E-state index < -0.39 is 0 Å². The van der Waals surface area contributed by atoms with Crippen molar-refractivity contribution in [2.24, 2.45) is 0 Å². The van der Waals surface area contributed by atoms with Gasteiger partial charge in [0.25, 0.3) is 0 Å². The maximum atomic E-state index is 9.20. The van der Waals surface area contributed by atoms with Gasteiger partial charge in [-0.2, -0.15) is 5.10 Å². The molecule has 0 aromatic carbocycles. The zero-order valence-corrected chi connectivity index (χ0v) is 9.25. The highest BCUT2D eigenvalue weighted by Crippen LogP contribution is 2.06. The van der Waals surface area contributed by atoms with Crippen LogP contribution in [0.15, 0.2) is 12.4 Å². The number of nitrogen functional groups attached to an aromatic ring is 1. The highest BCUT2D eigenvalue weighted by Gasteiger charge is 2.21. The SMILES string of the molecule is Nc1cnn(CCN2CCOCC2CO)c1. The molecule has 1 fully saturated rings. The van der Waals surface area contributed by atoms with Crippen LogP contribution in [-0.4, -0.2) is 58.7 Å². The van der Waals surface area contributed by atoms with Gasteiger partial charge in [-0.1, -0.05) is 0 Å². The Morgan fingerprint density at radius 3 is 3.12 bits per heavy atom. The predicted octanol–water partition coefficient (Wildman–Crippen LogP) is -0.842. The van der Waals surface area contributed by atoms with Crippen LogP contribution in [0, 0.1) is 0 Å². The minimum absolute atomic E-state index is 0.113. The standard InChI is InChI=1S/C10H18N4O2/c11-9-5-12-14(6-9)2-1-13-3-4-16-8-10(13)7-15/h5-6,10,15H,1-4,7-8,11H2. The molecule has 0 spiro atoms. The Kier molecular flexibility index (Phi) is 3.76. The molecule has 1 aromatic heterocycles. The van der Waals surface area contributed by atoms with Crippen LogP contribution in [0.5, 0.6) is 0 Å². The fraction of sp³-hybridized carbons (Fsp3) is 0.700. The molecule has 1 aliphatic rings. The van der Waals surface area contributed by atoms with E-state index in [1.54, 1.807) is 6.20 Å². The van der Waals surface area contributed by atoms with Crippen molar-refractivity contribution in [2.75, 3.05) is 38.6 Å². The summed E-state index contributed by atoms with van der Waals surface area (Å²) in [6.45, 7) is 3.99. The van der Waals surface area contributed by atoms with E-state index in [1.165, 1.54) is 0 Å². The van der Waals surface area contributed by atoms with E-state index in [1.807, 2.05) is 10.9 Å². The average molecular weight is 226 g/mol. The monoisotopic (exact) mass is 226 g/mol. The van der Waals surface area contributed by atoms with E-state index >= 15 is 0 Å². The van der Waals surface area contributed by atoms with Gasteiger partial charge in [0.1, 0.15) is 0 Å². The molecule has 1 saturated heterocycles. The van der Waals surface area contributed by atoms with Gasteiger partial charge in [-0.25, -0.2) is 0 Å². The molecule has 0 bridgehead atoms. The molecule has 2 heterocycles. The van der Waals surface area contributed by atoms with Gasteiger partial charge in [-0.05, 0) is 0 Å². The summed E-state index contributed by atoms with van der Waals surface area (Å²) >= 11 is 0. The summed E-state index contributed by atoms with van der Waals surface area (Å²) in [6, 6.07) is 0.113. The smallest absolute Gasteiger partial charge is 0.0719 e. The minimum atomic E-state index is 0.113. The van der Waals surface area contributed by atoms with Crippen LogP contribution >= 0.6 is 0 Å². The summed E-state index contributed by atoms with van der Waals surface area (Å²) < 4.78 is 7.13. The largest absolute Gasteiger partial charge is 0.396 e. The van der Waals surface area contributed by atoms with Crippen LogP contribution in [-0.2, 0) is 11.3 Å². The van der Waals surface area contributed by atoms with Crippen molar-refractivity contribution in [1.82, 2.24) is 14.7 Å². The lowest BCUT2D eigenvalue weighted by Gasteiger charge is -2.34. The lowest BCUT2D eigenvalue weighted by molar-refractivity contribution is -0.0288. The number of morpholine rings is 1. The molecule has 16 heavy (non-hydrogen) atoms. The number of anilines is 1. The van der Waals surface area contributed by atoms with Crippen molar-refractivity contribution >= 4 is 5.69 Å². The fourth-order valence-corrected chi connectivity index (χ4v) is 1.88.